The van der Waals surface area contributed by atoms with E-state index in [0.717, 1.165) is 17.7 Å². The molecule has 1 rings (SSSR count). The Morgan fingerprint density at radius 1 is 1.43 bits per heavy atom. The molecule has 0 spiro atoms. The van der Waals surface area contributed by atoms with E-state index in [2.05, 4.69) is 19.2 Å². The molecule has 21 heavy (non-hydrogen) atoms. The molecule has 0 aliphatic carbocycles. The van der Waals surface area contributed by atoms with Crippen molar-refractivity contribution in [2.24, 2.45) is 11.7 Å². The monoisotopic (exact) mass is 292 g/mol. The lowest BCUT2D eigenvalue weighted by molar-refractivity contribution is -0.126. The van der Waals surface area contributed by atoms with Crippen LogP contribution < -0.4 is 15.8 Å². The number of carbonyl (C=O) groups excluding carboxylic acids is 1. The normalized spacial score (nSPS) is 13.8. The largest absolute Gasteiger partial charge is 0.493 e. The van der Waals surface area contributed by atoms with Crippen molar-refractivity contribution in [3.05, 3.63) is 29.8 Å². The molecule has 118 valence electrons. The first-order valence-electron chi connectivity index (χ1n) is 7.64. The maximum Gasteiger partial charge on any atom is 0.240 e. The number of ether oxygens (including phenoxy) is 1. The van der Waals surface area contributed by atoms with Gasteiger partial charge < -0.3 is 15.8 Å². The molecule has 0 saturated heterocycles. The highest BCUT2D eigenvalue weighted by molar-refractivity contribution is 5.85. The molecule has 1 amide bonds. The van der Waals surface area contributed by atoms with Gasteiger partial charge in [0.25, 0.3) is 0 Å². The summed E-state index contributed by atoms with van der Waals surface area (Å²) in [5, 5.41) is 2.90. The van der Waals surface area contributed by atoms with Crippen LogP contribution in [0, 0.1) is 5.92 Å². The number of carbonyl (C=O) groups is 1. The van der Waals surface area contributed by atoms with Gasteiger partial charge in [-0.15, -0.1) is 0 Å². The summed E-state index contributed by atoms with van der Waals surface area (Å²) in [7, 11) is 0. The van der Waals surface area contributed by atoms with Gasteiger partial charge in [0.2, 0.25) is 5.91 Å². The first-order chi connectivity index (χ1) is 9.85. The van der Waals surface area contributed by atoms with E-state index in [1.165, 1.54) is 0 Å². The van der Waals surface area contributed by atoms with E-state index in [1.54, 1.807) is 6.92 Å². The van der Waals surface area contributed by atoms with Crippen LogP contribution in [0.1, 0.15) is 46.1 Å². The Bertz CT molecular complexity index is 456. The lowest BCUT2D eigenvalue weighted by atomic mass is 9.96. The molecule has 4 heteroatoms. The van der Waals surface area contributed by atoms with Crippen LogP contribution in [0.15, 0.2) is 24.3 Å². The Kier molecular flexibility index (Phi) is 6.69. The average Bonchev–Trinajstić information content (AvgIpc) is 2.43. The Labute approximate surface area is 128 Å². The summed E-state index contributed by atoms with van der Waals surface area (Å²) in [6.07, 6.45) is 1.56. The standard InChI is InChI=1S/C17H28N2O2/c1-5-9-17(4,18)16(20)19-11-14-7-6-8-15(10-14)21-12-13(2)3/h6-8,10,13H,5,9,11-12,18H2,1-4H3,(H,19,20). The highest BCUT2D eigenvalue weighted by Gasteiger charge is 2.26. The highest BCUT2D eigenvalue weighted by atomic mass is 16.5. The van der Waals surface area contributed by atoms with E-state index < -0.39 is 5.54 Å². The lowest BCUT2D eigenvalue weighted by Gasteiger charge is -2.22. The van der Waals surface area contributed by atoms with Crippen LogP contribution >= 0.6 is 0 Å². The van der Waals surface area contributed by atoms with Crippen molar-refractivity contribution in [1.29, 1.82) is 0 Å². The quantitative estimate of drug-likeness (QED) is 0.774. The fourth-order valence-electron chi connectivity index (χ4n) is 2.03. The zero-order valence-corrected chi connectivity index (χ0v) is 13.6. The maximum atomic E-state index is 12.1. The highest BCUT2D eigenvalue weighted by Crippen LogP contribution is 2.15. The van der Waals surface area contributed by atoms with E-state index in [9.17, 15) is 4.79 Å². The molecular weight excluding hydrogens is 264 g/mol. The molecule has 1 aromatic rings. The third-order valence-corrected chi connectivity index (χ3v) is 3.22. The van der Waals surface area contributed by atoms with Gasteiger partial charge >= 0.3 is 0 Å². The van der Waals surface area contributed by atoms with Crippen molar-refractivity contribution < 1.29 is 9.53 Å². The average molecular weight is 292 g/mol. The SMILES string of the molecule is CCCC(C)(N)C(=O)NCc1cccc(OCC(C)C)c1. The lowest BCUT2D eigenvalue weighted by Crippen LogP contribution is -2.51. The summed E-state index contributed by atoms with van der Waals surface area (Å²) in [5.41, 5.74) is 6.22. The molecule has 4 nitrogen and oxygen atoms in total. The van der Waals surface area contributed by atoms with Gasteiger partial charge in [-0.1, -0.05) is 39.3 Å². The summed E-state index contributed by atoms with van der Waals surface area (Å²) in [4.78, 5) is 12.1. The molecule has 0 bridgehead atoms. The van der Waals surface area contributed by atoms with Crippen molar-refractivity contribution in [3.63, 3.8) is 0 Å². The number of amides is 1. The van der Waals surface area contributed by atoms with Gasteiger partial charge in [-0.05, 0) is 37.0 Å². The molecule has 0 aliphatic heterocycles. The van der Waals surface area contributed by atoms with Gasteiger partial charge in [-0.3, -0.25) is 4.79 Å². The summed E-state index contributed by atoms with van der Waals surface area (Å²) in [6, 6.07) is 7.79. The zero-order chi connectivity index (χ0) is 15.9. The first-order valence-corrected chi connectivity index (χ1v) is 7.64. The third-order valence-electron chi connectivity index (χ3n) is 3.22. The summed E-state index contributed by atoms with van der Waals surface area (Å²) >= 11 is 0. The van der Waals surface area contributed by atoms with Crippen LogP contribution in [0.25, 0.3) is 0 Å². The van der Waals surface area contributed by atoms with Crippen molar-refractivity contribution in [2.45, 2.75) is 52.6 Å². The number of hydrogen-bond donors (Lipinski definition) is 2. The van der Waals surface area contributed by atoms with Gasteiger partial charge in [-0.2, -0.15) is 0 Å². The summed E-state index contributed by atoms with van der Waals surface area (Å²) in [5.74, 6) is 1.21. The molecule has 1 aromatic carbocycles. The number of hydrogen-bond acceptors (Lipinski definition) is 3. The molecule has 0 radical (unpaired) electrons. The van der Waals surface area contributed by atoms with Crippen molar-refractivity contribution in [3.8, 4) is 5.75 Å². The van der Waals surface area contributed by atoms with Crippen LogP contribution in [-0.4, -0.2) is 18.1 Å². The number of nitrogens with one attached hydrogen (secondary N) is 1. The van der Waals surface area contributed by atoms with Crippen LogP contribution in [0.2, 0.25) is 0 Å². The minimum Gasteiger partial charge on any atom is -0.493 e. The summed E-state index contributed by atoms with van der Waals surface area (Å²) < 4.78 is 5.68. The number of benzene rings is 1. The summed E-state index contributed by atoms with van der Waals surface area (Å²) in [6.45, 7) is 9.17. The molecule has 0 fully saturated rings. The fraction of sp³-hybridized carbons (Fsp3) is 0.588. The maximum absolute atomic E-state index is 12.1. The predicted molar refractivity (Wildman–Crippen MR) is 86.1 cm³/mol. The fourth-order valence-corrected chi connectivity index (χ4v) is 2.03. The van der Waals surface area contributed by atoms with Crippen LogP contribution in [0.4, 0.5) is 0 Å². The zero-order valence-electron chi connectivity index (χ0n) is 13.6. The molecule has 0 aliphatic rings. The van der Waals surface area contributed by atoms with E-state index in [-0.39, 0.29) is 5.91 Å². The van der Waals surface area contributed by atoms with Gasteiger partial charge in [0, 0.05) is 6.54 Å². The first kappa shape index (κ1) is 17.5. The van der Waals surface area contributed by atoms with E-state index >= 15 is 0 Å². The third kappa shape index (κ3) is 6.17. The van der Waals surface area contributed by atoms with Crippen LogP contribution in [0.5, 0.6) is 5.75 Å². The number of rotatable bonds is 8. The Morgan fingerprint density at radius 3 is 2.76 bits per heavy atom. The van der Waals surface area contributed by atoms with Gasteiger partial charge in [0.15, 0.2) is 0 Å². The second kappa shape index (κ2) is 8.03. The van der Waals surface area contributed by atoms with Gasteiger partial charge in [0.05, 0.1) is 12.1 Å². The number of nitrogens with two attached hydrogens (primary N) is 1. The topological polar surface area (TPSA) is 64.4 Å². The second-order valence-electron chi connectivity index (χ2n) is 6.20. The molecule has 1 unspecified atom stereocenters. The van der Waals surface area contributed by atoms with Crippen molar-refractivity contribution in [2.75, 3.05) is 6.61 Å². The molecular formula is C17H28N2O2. The van der Waals surface area contributed by atoms with E-state index in [0.29, 0.717) is 25.5 Å². The van der Waals surface area contributed by atoms with Crippen LogP contribution in [0.3, 0.4) is 0 Å². The van der Waals surface area contributed by atoms with E-state index in [4.69, 9.17) is 10.5 Å². The molecule has 3 N–H and O–H groups in total. The van der Waals surface area contributed by atoms with Crippen molar-refractivity contribution in [1.82, 2.24) is 5.32 Å². The predicted octanol–water partition coefficient (Wildman–Crippen LogP) is 2.86. The smallest absolute Gasteiger partial charge is 0.240 e. The molecule has 0 saturated carbocycles. The Hall–Kier alpha value is -1.55. The molecule has 1 atom stereocenters. The minimum absolute atomic E-state index is 0.113. The second-order valence-corrected chi connectivity index (χ2v) is 6.20. The van der Waals surface area contributed by atoms with Gasteiger partial charge in [-0.25, -0.2) is 0 Å². The minimum atomic E-state index is -0.805. The Balaban J connectivity index is 2.55. The van der Waals surface area contributed by atoms with Crippen LogP contribution in [-0.2, 0) is 11.3 Å². The molecule has 0 aromatic heterocycles. The van der Waals surface area contributed by atoms with Gasteiger partial charge in [0.1, 0.15) is 5.75 Å². The Morgan fingerprint density at radius 2 is 2.14 bits per heavy atom. The molecule has 0 heterocycles. The van der Waals surface area contributed by atoms with E-state index in [1.807, 2.05) is 31.2 Å². The van der Waals surface area contributed by atoms with Crippen molar-refractivity contribution >= 4 is 5.91 Å².